The Balaban J connectivity index is 2.25. The molecular formula is C19H26O3Si2. The fourth-order valence-corrected chi connectivity index (χ4v) is 10.2. The van der Waals surface area contributed by atoms with Gasteiger partial charge in [0.25, 0.3) is 0 Å². The van der Waals surface area contributed by atoms with Gasteiger partial charge in [-0.05, 0) is 31.6 Å². The molecule has 0 unspecified atom stereocenters. The maximum atomic E-state index is 10.5. The van der Waals surface area contributed by atoms with Crippen molar-refractivity contribution in [2.45, 2.75) is 44.3 Å². The summed E-state index contributed by atoms with van der Waals surface area (Å²) in [6.07, 6.45) is 0.789. The van der Waals surface area contributed by atoms with Crippen molar-refractivity contribution < 1.29 is 14.6 Å². The predicted molar refractivity (Wildman–Crippen MR) is 102 cm³/mol. The van der Waals surface area contributed by atoms with Crippen molar-refractivity contribution in [3.63, 3.8) is 0 Å². The number of benzene rings is 2. The first-order valence-electron chi connectivity index (χ1n) is 8.47. The van der Waals surface area contributed by atoms with Crippen LogP contribution in [0.1, 0.15) is 17.5 Å². The third-order valence-corrected chi connectivity index (χ3v) is 22.3. The first-order chi connectivity index (χ1) is 11.2. The molecule has 128 valence electrons. The van der Waals surface area contributed by atoms with Gasteiger partial charge in [-0.3, -0.25) is 0 Å². The van der Waals surface area contributed by atoms with E-state index in [1.165, 1.54) is 0 Å². The molecule has 3 rings (SSSR count). The molecule has 0 aromatic heterocycles. The van der Waals surface area contributed by atoms with Crippen LogP contribution in [0.3, 0.4) is 0 Å². The summed E-state index contributed by atoms with van der Waals surface area (Å²) >= 11 is 0. The first-order valence-corrected chi connectivity index (χ1v) is 15.6. The average Bonchev–Trinajstić information content (AvgIpc) is 2.51. The molecule has 1 aliphatic heterocycles. The summed E-state index contributed by atoms with van der Waals surface area (Å²) in [5.41, 5.74) is 0.753. The number of phenolic OH excluding ortho intramolecular Hbond substituents is 2. The molecule has 0 amide bonds. The van der Waals surface area contributed by atoms with Crippen molar-refractivity contribution in [1.29, 1.82) is 0 Å². The van der Waals surface area contributed by atoms with Gasteiger partial charge in [0.2, 0.25) is 0 Å². The van der Waals surface area contributed by atoms with Gasteiger partial charge >= 0.3 is 0 Å². The van der Waals surface area contributed by atoms with Crippen LogP contribution in [-0.4, -0.2) is 25.6 Å². The summed E-state index contributed by atoms with van der Waals surface area (Å²) in [5, 5.41) is 21.1. The topological polar surface area (TPSA) is 49.7 Å². The molecule has 0 bridgehead atoms. The first kappa shape index (κ1) is 17.3. The number of phenols is 2. The highest BCUT2D eigenvalue weighted by Crippen LogP contribution is 2.52. The second-order valence-electron chi connectivity index (χ2n) is 7.86. The minimum Gasteiger partial charge on any atom is -0.508 e. The Morgan fingerprint density at radius 2 is 1.29 bits per heavy atom. The van der Waals surface area contributed by atoms with E-state index in [-0.39, 0.29) is 11.5 Å². The lowest BCUT2D eigenvalue weighted by Crippen LogP contribution is -2.64. The lowest BCUT2D eigenvalue weighted by atomic mass is 9.83. The van der Waals surface area contributed by atoms with E-state index in [2.05, 4.69) is 26.2 Å². The second kappa shape index (κ2) is 5.76. The third-order valence-electron chi connectivity index (χ3n) is 5.84. The van der Waals surface area contributed by atoms with Crippen molar-refractivity contribution >= 4 is 15.4 Å². The number of hydrogen-bond acceptors (Lipinski definition) is 3. The molecule has 2 aromatic carbocycles. The summed E-state index contributed by atoms with van der Waals surface area (Å²) in [6.45, 7) is 9.37. The fourth-order valence-electron chi connectivity index (χ4n) is 3.57. The van der Waals surface area contributed by atoms with E-state index in [9.17, 15) is 10.2 Å². The van der Waals surface area contributed by atoms with E-state index in [4.69, 9.17) is 4.43 Å². The summed E-state index contributed by atoms with van der Waals surface area (Å²) in [4.78, 5) is 0. The highest BCUT2D eigenvalue weighted by Gasteiger charge is 2.55. The molecule has 0 spiro atoms. The smallest absolute Gasteiger partial charge is 0.175 e. The van der Waals surface area contributed by atoms with Crippen LogP contribution in [0, 0.1) is 0 Å². The third kappa shape index (κ3) is 2.60. The molecule has 3 nitrogen and oxygen atoms in total. The van der Waals surface area contributed by atoms with E-state index in [1.807, 2.05) is 36.4 Å². The molecule has 1 saturated heterocycles. The van der Waals surface area contributed by atoms with Gasteiger partial charge in [0.1, 0.15) is 17.1 Å². The molecule has 2 N–H and O–H groups in total. The normalized spacial score (nSPS) is 21.3. The SMILES string of the molecule is C[Si]1(C)CCC(c2ccccc2O)(c2ccccc2O)O[Si]1(C)C. The highest BCUT2D eigenvalue weighted by atomic mass is 29.3. The van der Waals surface area contributed by atoms with Crippen LogP contribution in [0.5, 0.6) is 11.5 Å². The van der Waals surface area contributed by atoms with E-state index in [0.717, 1.165) is 23.6 Å². The van der Waals surface area contributed by atoms with Crippen LogP contribution in [-0.2, 0) is 10.0 Å². The number of para-hydroxylation sites is 2. The van der Waals surface area contributed by atoms with Crippen LogP contribution >= 0.6 is 0 Å². The zero-order chi connectivity index (χ0) is 17.6. The van der Waals surface area contributed by atoms with Gasteiger partial charge in [-0.1, -0.05) is 55.5 Å². The minimum atomic E-state index is -1.95. The summed E-state index contributed by atoms with van der Waals surface area (Å²) in [6, 6.07) is 15.9. The Hall–Kier alpha value is -1.57. The fraction of sp³-hybridized carbons (Fsp3) is 0.368. The van der Waals surface area contributed by atoms with Crippen LogP contribution in [0.15, 0.2) is 48.5 Å². The Morgan fingerprint density at radius 1 is 0.833 bits per heavy atom. The minimum absolute atomic E-state index is 0.229. The molecule has 0 saturated carbocycles. The zero-order valence-corrected chi connectivity index (χ0v) is 16.8. The van der Waals surface area contributed by atoms with Crippen molar-refractivity contribution in [2.24, 2.45) is 0 Å². The molecule has 1 heterocycles. The largest absolute Gasteiger partial charge is 0.508 e. The standard InChI is InChI=1S/C19H26O3Si2/c1-23(2)14-13-19(22-24(23,3)4,15-9-5-7-11-17(15)20)16-10-6-8-12-18(16)21/h5-12,20-21H,13-14H2,1-4H3. The number of rotatable bonds is 2. The molecule has 2 aromatic rings. The van der Waals surface area contributed by atoms with Gasteiger partial charge in [0.15, 0.2) is 7.83 Å². The Morgan fingerprint density at radius 3 is 1.71 bits per heavy atom. The second-order valence-corrected chi connectivity index (χ2v) is 23.0. The van der Waals surface area contributed by atoms with Crippen molar-refractivity contribution in [2.75, 3.05) is 0 Å². The van der Waals surface area contributed by atoms with E-state index in [1.54, 1.807) is 12.1 Å². The molecular weight excluding hydrogens is 332 g/mol. The summed E-state index contributed by atoms with van der Waals surface area (Å²) < 4.78 is 6.89. The summed E-state index contributed by atoms with van der Waals surface area (Å²) in [7, 11) is -3.40. The van der Waals surface area contributed by atoms with Crippen molar-refractivity contribution in [3.8, 4) is 11.5 Å². The molecule has 24 heavy (non-hydrogen) atoms. The highest BCUT2D eigenvalue weighted by molar-refractivity contribution is 7.38. The molecule has 0 aliphatic carbocycles. The maximum Gasteiger partial charge on any atom is 0.175 e. The van der Waals surface area contributed by atoms with Crippen molar-refractivity contribution in [3.05, 3.63) is 59.7 Å². The number of aromatic hydroxyl groups is 2. The van der Waals surface area contributed by atoms with Crippen LogP contribution in [0.25, 0.3) is 0 Å². The van der Waals surface area contributed by atoms with E-state index >= 15 is 0 Å². The molecule has 0 radical (unpaired) electrons. The maximum absolute atomic E-state index is 10.5. The van der Waals surface area contributed by atoms with Gasteiger partial charge in [-0.25, -0.2) is 0 Å². The lowest BCUT2D eigenvalue weighted by Gasteiger charge is -2.52. The van der Waals surface area contributed by atoms with Gasteiger partial charge in [-0.2, -0.15) is 0 Å². The molecule has 5 heteroatoms. The van der Waals surface area contributed by atoms with Crippen molar-refractivity contribution in [1.82, 2.24) is 0 Å². The Labute approximate surface area is 145 Å². The van der Waals surface area contributed by atoms with Gasteiger partial charge in [0.05, 0.1) is 7.59 Å². The molecule has 1 fully saturated rings. The molecule has 0 atom stereocenters. The zero-order valence-electron chi connectivity index (χ0n) is 14.8. The number of hydrogen-bond donors (Lipinski definition) is 2. The van der Waals surface area contributed by atoms with Crippen LogP contribution < -0.4 is 0 Å². The van der Waals surface area contributed by atoms with Gasteiger partial charge in [-0.15, -0.1) is 0 Å². The predicted octanol–water partition coefficient (Wildman–Crippen LogP) is 4.75. The van der Waals surface area contributed by atoms with E-state index < -0.39 is 21.0 Å². The van der Waals surface area contributed by atoms with Gasteiger partial charge < -0.3 is 14.6 Å². The van der Waals surface area contributed by atoms with Gasteiger partial charge in [0, 0.05) is 11.1 Å². The monoisotopic (exact) mass is 358 g/mol. The quantitative estimate of drug-likeness (QED) is 0.761. The van der Waals surface area contributed by atoms with Crippen LogP contribution in [0.2, 0.25) is 32.2 Å². The average molecular weight is 359 g/mol. The summed E-state index contributed by atoms with van der Waals surface area (Å²) in [5.74, 6) is 0.457. The van der Waals surface area contributed by atoms with Crippen LogP contribution in [0.4, 0.5) is 0 Å². The van der Waals surface area contributed by atoms with E-state index in [0.29, 0.717) is 0 Å². The lowest BCUT2D eigenvalue weighted by molar-refractivity contribution is 0.0881. The molecule has 1 aliphatic rings. The Bertz CT molecular complexity index is 710. The Kier molecular flexibility index (Phi) is 4.14.